The number of allylic oxidation sites excluding steroid dienone is 2. The van der Waals surface area contributed by atoms with Crippen LogP contribution in [0.2, 0.25) is 0 Å². The van der Waals surface area contributed by atoms with Gasteiger partial charge in [-0.15, -0.1) is 45.3 Å². The van der Waals surface area contributed by atoms with E-state index in [4.69, 9.17) is 0 Å². The molecule has 4 aromatic rings. The topological polar surface area (TPSA) is 0 Å². The summed E-state index contributed by atoms with van der Waals surface area (Å²) in [5.41, 5.74) is -4.68. The molecule has 0 saturated heterocycles. The molecule has 5 rings (SSSR count). The number of alkyl halides is 6. The number of hydrogen-bond donors (Lipinski definition) is 0. The van der Waals surface area contributed by atoms with Crippen LogP contribution in [0.1, 0.15) is 114 Å². The van der Waals surface area contributed by atoms with Crippen molar-refractivity contribution in [2.45, 2.75) is 123 Å². The molecule has 0 aliphatic heterocycles. The van der Waals surface area contributed by atoms with Crippen molar-refractivity contribution in [2.24, 2.45) is 0 Å². The van der Waals surface area contributed by atoms with Gasteiger partial charge in [-0.25, -0.2) is 0 Å². The van der Waals surface area contributed by atoms with Crippen LogP contribution in [0.4, 0.5) is 26.3 Å². The lowest BCUT2D eigenvalue weighted by atomic mass is 9.89. The second-order valence-corrected chi connectivity index (χ2v) is 20.8. The molecule has 0 fully saturated rings. The maximum absolute atomic E-state index is 16.4. The zero-order chi connectivity index (χ0) is 35.5. The molecule has 0 aromatic carbocycles. The molecule has 0 bridgehead atoms. The van der Waals surface area contributed by atoms with E-state index >= 15 is 26.3 Å². The summed E-state index contributed by atoms with van der Waals surface area (Å²) in [6, 6.07) is 10.2. The molecule has 4 aromatic heterocycles. The summed E-state index contributed by atoms with van der Waals surface area (Å²) in [6.07, 6.45) is 0. The first-order valence-corrected chi connectivity index (χ1v) is 18.8. The predicted octanol–water partition coefficient (Wildman–Crippen LogP) is 14.3. The van der Waals surface area contributed by atoms with Crippen molar-refractivity contribution in [1.29, 1.82) is 0 Å². The normalized spacial score (nSPS) is 18.4. The van der Waals surface area contributed by atoms with Gasteiger partial charge in [0.2, 0.25) is 0 Å². The highest BCUT2D eigenvalue weighted by Crippen LogP contribution is 2.67. The molecule has 256 valence electrons. The Morgan fingerprint density at radius 2 is 0.723 bits per heavy atom. The SMILES string of the molecule is CC(C)(C)c1ccc(-c2sc(C(C)(C)C)cc2C2=C(c3cc(C(C)(C)C)sc3-c3ccc(C(C)(C)C)s3)C(F)(F)C(F)(F)C2(F)F)s1. The van der Waals surface area contributed by atoms with Crippen LogP contribution in [0.15, 0.2) is 36.4 Å². The molecule has 0 atom stereocenters. The summed E-state index contributed by atoms with van der Waals surface area (Å²) in [5.74, 6) is -15.9. The van der Waals surface area contributed by atoms with E-state index in [0.717, 1.165) is 9.75 Å². The van der Waals surface area contributed by atoms with Crippen molar-refractivity contribution in [3.8, 4) is 19.5 Å². The van der Waals surface area contributed by atoms with E-state index in [1.165, 1.54) is 57.5 Å². The Kier molecular flexibility index (Phi) is 8.57. The fourth-order valence-electron chi connectivity index (χ4n) is 5.42. The summed E-state index contributed by atoms with van der Waals surface area (Å²) in [7, 11) is 0. The number of halogens is 6. The van der Waals surface area contributed by atoms with Crippen LogP contribution < -0.4 is 0 Å². The summed E-state index contributed by atoms with van der Waals surface area (Å²) in [4.78, 5) is 4.99. The average molecular weight is 729 g/mol. The van der Waals surface area contributed by atoms with Crippen LogP contribution in [-0.2, 0) is 21.7 Å². The molecule has 0 amide bonds. The molecule has 10 heteroatoms. The van der Waals surface area contributed by atoms with E-state index < -0.39 is 39.7 Å². The summed E-state index contributed by atoms with van der Waals surface area (Å²) < 4.78 is 96.9. The van der Waals surface area contributed by atoms with Gasteiger partial charge in [0.05, 0.1) is 9.75 Å². The van der Waals surface area contributed by atoms with Crippen molar-refractivity contribution in [2.75, 3.05) is 0 Å². The van der Waals surface area contributed by atoms with Crippen molar-refractivity contribution >= 4 is 56.5 Å². The lowest BCUT2D eigenvalue weighted by Gasteiger charge is -2.26. The Balaban J connectivity index is 1.93. The molecular weight excluding hydrogens is 687 g/mol. The number of hydrogen-bond acceptors (Lipinski definition) is 4. The Morgan fingerprint density at radius 3 is 0.979 bits per heavy atom. The quantitative estimate of drug-likeness (QED) is 0.184. The minimum atomic E-state index is -5.65. The summed E-state index contributed by atoms with van der Waals surface area (Å²) in [5, 5.41) is 0. The molecule has 0 unspecified atom stereocenters. The van der Waals surface area contributed by atoms with Gasteiger partial charge in [-0.3, -0.25) is 0 Å². The largest absolute Gasteiger partial charge is 0.380 e. The van der Waals surface area contributed by atoms with E-state index in [0.29, 0.717) is 29.3 Å². The zero-order valence-corrected chi connectivity index (χ0v) is 32.1. The average Bonchev–Trinajstić information content (AvgIpc) is 3.68. The van der Waals surface area contributed by atoms with E-state index in [-0.39, 0.29) is 22.0 Å². The van der Waals surface area contributed by atoms with Crippen LogP contribution in [0.25, 0.3) is 30.7 Å². The highest BCUT2D eigenvalue weighted by molar-refractivity contribution is 7.23. The Labute approximate surface area is 290 Å². The third-order valence-electron chi connectivity index (χ3n) is 8.29. The molecule has 1 aliphatic rings. The van der Waals surface area contributed by atoms with Crippen molar-refractivity contribution in [3.05, 3.63) is 67.0 Å². The van der Waals surface area contributed by atoms with Gasteiger partial charge in [0.25, 0.3) is 0 Å². The van der Waals surface area contributed by atoms with Crippen LogP contribution >= 0.6 is 45.3 Å². The Hall–Kier alpha value is -1.88. The van der Waals surface area contributed by atoms with Crippen LogP contribution in [0.5, 0.6) is 0 Å². The molecule has 0 N–H and O–H groups in total. The third kappa shape index (κ3) is 6.01. The van der Waals surface area contributed by atoms with Crippen molar-refractivity contribution in [3.63, 3.8) is 0 Å². The highest BCUT2D eigenvalue weighted by Gasteiger charge is 2.80. The Bertz CT molecular complexity index is 1710. The molecular formula is C37H42F6S4. The first-order chi connectivity index (χ1) is 21.1. The summed E-state index contributed by atoms with van der Waals surface area (Å²) >= 11 is 5.15. The number of rotatable bonds is 4. The van der Waals surface area contributed by atoms with Crippen LogP contribution in [0, 0.1) is 0 Å². The first-order valence-electron chi connectivity index (χ1n) is 15.5. The Morgan fingerprint density at radius 1 is 0.426 bits per heavy atom. The fourth-order valence-corrected chi connectivity index (χ4v) is 10.2. The molecule has 0 radical (unpaired) electrons. The van der Waals surface area contributed by atoms with Crippen molar-refractivity contribution in [1.82, 2.24) is 0 Å². The number of thiophene rings is 4. The highest BCUT2D eigenvalue weighted by atomic mass is 32.1. The molecule has 1 aliphatic carbocycles. The first kappa shape index (κ1) is 36.4. The second kappa shape index (κ2) is 11.1. The second-order valence-electron chi connectivity index (χ2n) is 16.5. The molecule has 47 heavy (non-hydrogen) atoms. The van der Waals surface area contributed by atoms with Gasteiger partial charge >= 0.3 is 17.8 Å². The van der Waals surface area contributed by atoms with E-state index in [1.807, 2.05) is 95.2 Å². The molecule has 0 nitrogen and oxygen atoms in total. The van der Waals surface area contributed by atoms with Crippen molar-refractivity contribution < 1.29 is 26.3 Å². The van der Waals surface area contributed by atoms with Gasteiger partial charge in [-0.1, -0.05) is 83.1 Å². The van der Waals surface area contributed by atoms with Gasteiger partial charge in [-0.05, 0) is 58.1 Å². The van der Waals surface area contributed by atoms with E-state index in [2.05, 4.69) is 0 Å². The van der Waals surface area contributed by atoms with Gasteiger partial charge in [0, 0.05) is 51.5 Å². The monoisotopic (exact) mass is 728 g/mol. The minimum Gasteiger partial charge on any atom is -0.194 e. The predicted molar refractivity (Wildman–Crippen MR) is 192 cm³/mol. The molecule has 0 spiro atoms. The summed E-state index contributed by atoms with van der Waals surface area (Å²) in [6.45, 7) is 23.5. The maximum atomic E-state index is 16.4. The zero-order valence-electron chi connectivity index (χ0n) is 28.9. The minimum absolute atomic E-state index is 0.253. The molecule has 0 saturated carbocycles. The third-order valence-corrected chi connectivity index (χ3v) is 14.8. The lowest BCUT2D eigenvalue weighted by Crippen LogP contribution is -2.48. The van der Waals surface area contributed by atoms with Crippen LogP contribution in [-0.4, -0.2) is 17.8 Å². The van der Waals surface area contributed by atoms with Crippen LogP contribution in [0.3, 0.4) is 0 Å². The fraction of sp³-hybridized carbons (Fsp3) is 0.514. The smallest absolute Gasteiger partial charge is 0.194 e. The van der Waals surface area contributed by atoms with Gasteiger partial charge < -0.3 is 0 Å². The van der Waals surface area contributed by atoms with Gasteiger partial charge in [-0.2, -0.15) is 26.3 Å². The van der Waals surface area contributed by atoms with Gasteiger partial charge in [0.1, 0.15) is 0 Å². The van der Waals surface area contributed by atoms with E-state index in [9.17, 15) is 0 Å². The van der Waals surface area contributed by atoms with E-state index in [1.54, 1.807) is 12.1 Å². The standard InChI is InChI=1S/C37H42F6S4/c1-31(2,3)23-15-13-21(44-23)29-19(17-25(46-29)33(7,8)9)27-28(36(40,41)37(42,43)35(27,38)39)20-18-26(34(10,11)12)47-30(20)22-14-16-24(45-22)32(4,5)6/h13-18H,1-12H3. The lowest BCUT2D eigenvalue weighted by molar-refractivity contribution is -0.254. The molecule has 4 heterocycles. The maximum Gasteiger partial charge on any atom is 0.380 e. The van der Waals surface area contributed by atoms with Gasteiger partial charge in [0.15, 0.2) is 0 Å².